The van der Waals surface area contributed by atoms with Crippen LogP contribution in [-0.2, 0) is 4.74 Å². The Kier molecular flexibility index (Phi) is 5.53. The highest BCUT2D eigenvalue weighted by molar-refractivity contribution is 4.77. The van der Waals surface area contributed by atoms with E-state index in [4.69, 9.17) is 9.84 Å². The van der Waals surface area contributed by atoms with Crippen LogP contribution in [0.15, 0.2) is 0 Å². The third kappa shape index (κ3) is 5.24. The highest BCUT2D eigenvalue weighted by Gasteiger charge is 2.21. The van der Waals surface area contributed by atoms with Gasteiger partial charge in [0.1, 0.15) is 0 Å². The Morgan fingerprint density at radius 2 is 1.92 bits per heavy atom. The molecule has 0 bridgehead atoms. The molecule has 0 aromatic heterocycles. The summed E-state index contributed by atoms with van der Waals surface area (Å²) in [4.78, 5) is 2.11. The molecule has 0 aliphatic carbocycles. The van der Waals surface area contributed by atoms with E-state index in [-0.39, 0.29) is 18.2 Å². The third-order valence-corrected chi connectivity index (χ3v) is 2.30. The second-order valence-electron chi connectivity index (χ2n) is 4.31. The van der Waals surface area contributed by atoms with E-state index in [9.17, 15) is 0 Å². The maximum Gasteiger partial charge on any atom is 0.0609 e. The predicted octanol–water partition coefficient (Wildman–Crippen LogP) is 1.11. The van der Waals surface area contributed by atoms with Crippen molar-refractivity contribution in [1.29, 1.82) is 0 Å². The second kappa shape index (κ2) is 5.58. The Hall–Kier alpha value is -0.120. The first-order valence-electron chi connectivity index (χ1n) is 4.84. The van der Waals surface area contributed by atoms with Crippen molar-refractivity contribution in [2.75, 3.05) is 26.8 Å². The smallest absolute Gasteiger partial charge is 0.0609 e. The first-order valence-corrected chi connectivity index (χ1v) is 4.84. The number of ether oxygens (including phenoxy) is 1. The van der Waals surface area contributed by atoms with Crippen LogP contribution < -0.4 is 0 Å². The van der Waals surface area contributed by atoms with Gasteiger partial charge in [0.05, 0.1) is 19.3 Å². The maximum atomic E-state index is 9.09. The van der Waals surface area contributed by atoms with E-state index in [1.807, 2.05) is 34.7 Å². The van der Waals surface area contributed by atoms with Crippen LogP contribution in [0.25, 0.3) is 0 Å². The number of rotatable bonds is 6. The average Bonchev–Trinajstić information content (AvgIpc) is 2.03. The van der Waals surface area contributed by atoms with Gasteiger partial charge in [0.2, 0.25) is 0 Å². The molecule has 0 aromatic carbocycles. The van der Waals surface area contributed by atoms with Gasteiger partial charge in [-0.25, -0.2) is 0 Å². The van der Waals surface area contributed by atoms with Crippen LogP contribution in [-0.4, -0.2) is 48.5 Å². The lowest BCUT2D eigenvalue weighted by molar-refractivity contribution is 0.0238. The number of aliphatic hydroxyl groups excluding tert-OH is 1. The second-order valence-corrected chi connectivity index (χ2v) is 4.31. The standard InChI is InChI=1S/C10H23NO2/c1-9(2)13-7-6-11(5)10(3,4)8-12/h9,12H,6-8H2,1-5H3. The summed E-state index contributed by atoms with van der Waals surface area (Å²) in [5.74, 6) is 0. The zero-order chi connectivity index (χ0) is 10.5. The lowest BCUT2D eigenvalue weighted by atomic mass is 10.1. The Bertz CT molecular complexity index is 135. The summed E-state index contributed by atoms with van der Waals surface area (Å²) < 4.78 is 5.43. The number of hydrogen-bond acceptors (Lipinski definition) is 3. The van der Waals surface area contributed by atoms with Crippen LogP contribution in [0.5, 0.6) is 0 Å². The molecule has 0 radical (unpaired) electrons. The number of likely N-dealkylation sites (N-methyl/N-ethyl adjacent to an activating group) is 1. The molecule has 0 unspecified atom stereocenters. The van der Waals surface area contributed by atoms with Crippen molar-refractivity contribution in [1.82, 2.24) is 4.90 Å². The summed E-state index contributed by atoms with van der Waals surface area (Å²) in [5, 5.41) is 9.09. The molecule has 3 nitrogen and oxygen atoms in total. The van der Waals surface area contributed by atoms with E-state index in [2.05, 4.69) is 4.90 Å². The Labute approximate surface area is 81.7 Å². The zero-order valence-corrected chi connectivity index (χ0v) is 9.50. The molecule has 0 heterocycles. The minimum Gasteiger partial charge on any atom is -0.394 e. The van der Waals surface area contributed by atoms with Crippen molar-refractivity contribution in [2.24, 2.45) is 0 Å². The molecule has 0 saturated heterocycles. The van der Waals surface area contributed by atoms with Crippen molar-refractivity contribution in [3.8, 4) is 0 Å². The van der Waals surface area contributed by atoms with Crippen molar-refractivity contribution in [3.05, 3.63) is 0 Å². The summed E-state index contributed by atoms with van der Waals surface area (Å²) >= 11 is 0. The Morgan fingerprint density at radius 1 is 1.38 bits per heavy atom. The van der Waals surface area contributed by atoms with Crippen molar-refractivity contribution in [3.63, 3.8) is 0 Å². The monoisotopic (exact) mass is 189 g/mol. The first-order chi connectivity index (χ1) is 5.90. The Balaban J connectivity index is 3.68. The van der Waals surface area contributed by atoms with Gasteiger partial charge in [0, 0.05) is 12.1 Å². The van der Waals surface area contributed by atoms with E-state index in [0.717, 1.165) is 13.2 Å². The third-order valence-electron chi connectivity index (χ3n) is 2.30. The highest BCUT2D eigenvalue weighted by atomic mass is 16.5. The molecule has 3 heteroatoms. The van der Waals surface area contributed by atoms with E-state index in [1.54, 1.807) is 0 Å². The summed E-state index contributed by atoms with van der Waals surface area (Å²) in [6.45, 7) is 9.83. The maximum absolute atomic E-state index is 9.09. The van der Waals surface area contributed by atoms with Crippen LogP contribution in [0.2, 0.25) is 0 Å². The van der Waals surface area contributed by atoms with E-state index in [0.29, 0.717) is 0 Å². The molecule has 0 aliphatic heterocycles. The van der Waals surface area contributed by atoms with Gasteiger partial charge in [-0.1, -0.05) is 0 Å². The topological polar surface area (TPSA) is 32.7 Å². The van der Waals surface area contributed by atoms with E-state index >= 15 is 0 Å². The molecule has 13 heavy (non-hydrogen) atoms. The lowest BCUT2D eigenvalue weighted by Gasteiger charge is -2.33. The quantitative estimate of drug-likeness (QED) is 0.679. The fourth-order valence-electron chi connectivity index (χ4n) is 0.849. The molecule has 0 atom stereocenters. The Morgan fingerprint density at radius 3 is 2.31 bits per heavy atom. The summed E-state index contributed by atoms with van der Waals surface area (Å²) in [7, 11) is 2.00. The van der Waals surface area contributed by atoms with Crippen molar-refractivity contribution >= 4 is 0 Å². The highest BCUT2D eigenvalue weighted by Crippen LogP contribution is 2.10. The number of aliphatic hydroxyl groups is 1. The minimum absolute atomic E-state index is 0.152. The molecule has 0 spiro atoms. The normalized spacial score (nSPS) is 12.9. The van der Waals surface area contributed by atoms with Gasteiger partial charge in [-0.3, -0.25) is 4.90 Å². The molecule has 0 rings (SSSR count). The molecule has 0 fully saturated rings. The van der Waals surface area contributed by atoms with Gasteiger partial charge < -0.3 is 9.84 Å². The number of hydrogen-bond donors (Lipinski definition) is 1. The molecule has 0 amide bonds. The van der Waals surface area contributed by atoms with Crippen LogP contribution in [0, 0.1) is 0 Å². The molecule has 1 N–H and O–H groups in total. The molecule has 0 saturated carbocycles. The fraction of sp³-hybridized carbons (Fsp3) is 1.00. The number of nitrogens with zero attached hydrogens (tertiary/aromatic N) is 1. The molecule has 80 valence electrons. The summed E-state index contributed by atoms with van der Waals surface area (Å²) in [6, 6.07) is 0. The molecular formula is C10H23NO2. The van der Waals surface area contributed by atoms with Gasteiger partial charge in [-0.2, -0.15) is 0 Å². The van der Waals surface area contributed by atoms with E-state index in [1.165, 1.54) is 0 Å². The van der Waals surface area contributed by atoms with Gasteiger partial charge in [-0.05, 0) is 34.7 Å². The van der Waals surface area contributed by atoms with Gasteiger partial charge in [0.25, 0.3) is 0 Å². The van der Waals surface area contributed by atoms with Gasteiger partial charge in [-0.15, -0.1) is 0 Å². The van der Waals surface area contributed by atoms with Gasteiger partial charge in [0.15, 0.2) is 0 Å². The van der Waals surface area contributed by atoms with Crippen LogP contribution >= 0.6 is 0 Å². The van der Waals surface area contributed by atoms with Crippen LogP contribution in [0.4, 0.5) is 0 Å². The SMILES string of the molecule is CC(C)OCCN(C)C(C)(C)CO. The average molecular weight is 189 g/mol. The van der Waals surface area contributed by atoms with Gasteiger partial charge >= 0.3 is 0 Å². The van der Waals surface area contributed by atoms with Crippen molar-refractivity contribution < 1.29 is 9.84 Å². The molecule has 0 aromatic rings. The largest absolute Gasteiger partial charge is 0.394 e. The molecular weight excluding hydrogens is 166 g/mol. The van der Waals surface area contributed by atoms with Crippen LogP contribution in [0.3, 0.4) is 0 Å². The fourth-order valence-corrected chi connectivity index (χ4v) is 0.849. The predicted molar refractivity (Wildman–Crippen MR) is 54.9 cm³/mol. The molecule has 0 aliphatic rings. The minimum atomic E-state index is -0.152. The van der Waals surface area contributed by atoms with Crippen LogP contribution in [0.1, 0.15) is 27.7 Å². The summed E-state index contributed by atoms with van der Waals surface area (Å²) in [6.07, 6.45) is 0.283. The lowest BCUT2D eigenvalue weighted by Crippen LogP contribution is -2.45. The zero-order valence-electron chi connectivity index (χ0n) is 9.50. The first kappa shape index (κ1) is 12.9. The summed E-state index contributed by atoms with van der Waals surface area (Å²) in [5.41, 5.74) is -0.152. The van der Waals surface area contributed by atoms with E-state index < -0.39 is 0 Å². The van der Waals surface area contributed by atoms with Crippen molar-refractivity contribution in [2.45, 2.75) is 39.3 Å².